The normalized spacial score (nSPS) is 42.4. The third kappa shape index (κ3) is 0.547. The number of hydrogen-bond donors (Lipinski definition) is 1. The number of carbonyl (C=O) groups is 1. The van der Waals surface area contributed by atoms with Crippen LogP contribution in [0.5, 0.6) is 0 Å². The number of allylic oxidation sites excluding steroid dienone is 3. The lowest BCUT2D eigenvalue weighted by Crippen LogP contribution is -2.20. The Bertz CT molecular complexity index is 327. The number of ether oxygens (including phenoxy) is 1. The Hall–Kier alpha value is -1.09. The van der Waals surface area contributed by atoms with Gasteiger partial charge in [0, 0.05) is 0 Å². The average molecular weight is 164 g/mol. The van der Waals surface area contributed by atoms with Crippen LogP contribution in [0.15, 0.2) is 23.3 Å². The van der Waals surface area contributed by atoms with Crippen LogP contribution in [0.3, 0.4) is 0 Å². The molecule has 0 saturated carbocycles. The monoisotopic (exact) mass is 164 g/mol. The average Bonchev–Trinajstić information content (AvgIpc) is 2.64. The van der Waals surface area contributed by atoms with Crippen molar-refractivity contribution in [2.45, 2.75) is 12.7 Å². The van der Waals surface area contributed by atoms with Gasteiger partial charge < -0.3 is 9.84 Å². The van der Waals surface area contributed by atoms with Crippen LogP contribution in [0.25, 0.3) is 0 Å². The first-order chi connectivity index (χ1) is 5.77. The summed E-state index contributed by atoms with van der Waals surface area (Å²) in [5.41, 5.74) is 1.78. The van der Waals surface area contributed by atoms with Crippen molar-refractivity contribution in [3.8, 4) is 0 Å². The summed E-state index contributed by atoms with van der Waals surface area (Å²) in [4.78, 5) is 11.2. The summed E-state index contributed by atoms with van der Waals surface area (Å²) in [7, 11) is 0. The van der Waals surface area contributed by atoms with Gasteiger partial charge in [-0.05, 0) is 17.9 Å². The van der Waals surface area contributed by atoms with Gasteiger partial charge in [-0.2, -0.15) is 0 Å². The van der Waals surface area contributed by atoms with Crippen molar-refractivity contribution >= 4 is 5.97 Å². The molecule has 0 radical (unpaired) electrons. The number of aliphatic hydroxyl groups excluding tert-OH is 1. The fourth-order valence-corrected chi connectivity index (χ4v) is 2.37. The van der Waals surface area contributed by atoms with Crippen LogP contribution in [-0.4, -0.2) is 17.4 Å². The second kappa shape index (κ2) is 1.80. The molecule has 3 atom stereocenters. The summed E-state index contributed by atoms with van der Waals surface area (Å²) in [6.45, 7) is 0. The van der Waals surface area contributed by atoms with E-state index in [-0.39, 0.29) is 11.9 Å². The molecule has 0 aromatic heterocycles. The van der Waals surface area contributed by atoms with Gasteiger partial charge in [-0.15, -0.1) is 0 Å². The van der Waals surface area contributed by atoms with Crippen LogP contribution >= 0.6 is 0 Å². The van der Waals surface area contributed by atoms with Gasteiger partial charge in [-0.25, -0.2) is 4.79 Å². The molecule has 0 aromatic rings. The van der Waals surface area contributed by atoms with E-state index in [0.717, 1.165) is 17.6 Å². The van der Waals surface area contributed by atoms with Crippen molar-refractivity contribution in [3.63, 3.8) is 0 Å². The predicted octanol–water partition coefficient (Wildman–Crippen LogP) is 0.364. The maximum absolute atomic E-state index is 11.2. The molecule has 1 fully saturated rings. The lowest BCUT2D eigenvalue weighted by molar-refractivity contribution is -0.156. The topological polar surface area (TPSA) is 46.5 Å². The first-order valence-electron chi connectivity index (χ1n) is 4.07. The highest BCUT2D eigenvalue weighted by Gasteiger charge is 2.50. The van der Waals surface area contributed by atoms with E-state index in [1.165, 1.54) is 0 Å². The van der Waals surface area contributed by atoms with Crippen molar-refractivity contribution in [2.24, 2.45) is 11.8 Å². The number of fused-ring (bicyclic) bond motifs is 4. The zero-order valence-corrected chi connectivity index (χ0v) is 6.36. The summed E-state index contributed by atoms with van der Waals surface area (Å²) in [6.07, 6.45) is 4.02. The minimum atomic E-state index is -0.903. The van der Waals surface area contributed by atoms with Crippen molar-refractivity contribution < 1.29 is 14.6 Å². The lowest BCUT2D eigenvalue weighted by Gasteiger charge is -2.14. The zero-order chi connectivity index (χ0) is 8.29. The second-order valence-corrected chi connectivity index (χ2v) is 3.49. The number of hydrogen-bond acceptors (Lipinski definition) is 3. The molecule has 3 aliphatic rings. The molecule has 3 heteroatoms. The second-order valence-electron chi connectivity index (χ2n) is 3.49. The molecular formula is C9H8O3. The predicted molar refractivity (Wildman–Crippen MR) is 39.9 cm³/mol. The van der Waals surface area contributed by atoms with Gasteiger partial charge in [0.1, 0.15) is 0 Å². The number of cyclic esters (lactones) is 1. The molecule has 0 unspecified atom stereocenters. The molecule has 3 nitrogen and oxygen atoms in total. The molecule has 1 aliphatic heterocycles. The zero-order valence-electron chi connectivity index (χ0n) is 6.36. The Morgan fingerprint density at radius 3 is 3.17 bits per heavy atom. The molecule has 0 aromatic carbocycles. The van der Waals surface area contributed by atoms with Crippen LogP contribution in [0.1, 0.15) is 6.42 Å². The maximum atomic E-state index is 11.2. The van der Waals surface area contributed by atoms with Crippen LogP contribution in [0.4, 0.5) is 0 Å². The molecule has 1 N–H and O–H groups in total. The molecule has 62 valence electrons. The Morgan fingerprint density at radius 1 is 1.58 bits per heavy atom. The van der Waals surface area contributed by atoms with Gasteiger partial charge in [0.05, 0.1) is 11.5 Å². The summed E-state index contributed by atoms with van der Waals surface area (Å²) in [5, 5.41) is 9.38. The quantitative estimate of drug-likeness (QED) is 0.526. The molecule has 2 aliphatic carbocycles. The number of carbonyl (C=O) groups excluding carboxylic acids is 1. The van der Waals surface area contributed by atoms with E-state index in [9.17, 15) is 9.90 Å². The smallest absolute Gasteiger partial charge is 0.337 e. The van der Waals surface area contributed by atoms with Gasteiger partial charge >= 0.3 is 5.97 Å². The van der Waals surface area contributed by atoms with Gasteiger partial charge in [0.15, 0.2) is 0 Å². The van der Waals surface area contributed by atoms with Crippen LogP contribution in [0.2, 0.25) is 0 Å². The third-order valence-corrected chi connectivity index (χ3v) is 2.90. The molecule has 1 saturated heterocycles. The fraction of sp³-hybridized carbons (Fsp3) is 0.444. The fourth-order valence-electron chi connectivity index (χ4n) is 2.37. The number of esters is 1. The molecule has 2 bridgehead atoms. The summed E-state index contributed by atoms with van der Waals surface area (Å²) >= 11 is 0. The van der Waals surface area contributed by atoms with Crippen LogP contribution in [0, 0.1) is 11.8 Å². The molecular weight excluding hydrogens is 156 g/mol. The highest BCUT2D eigenvalue weighted by Crippen LogP contribution is 2.48. The van der Waals surface area contributed by atoms with E-state index < -0.39 is 6.29 Å². The Morgan fingerprint density at radius 2 is 2.42 bits per heavy atom. The van der Waals surface area contributed by atoms with Crippen molar-refractivity contribution in [1.29, 1.82) is 0 Å². The number of rotatable bonds is 0. The van der Waals surface area contributed by atoms with Gasteiger partial charge in [-0.3, -0.25) is 0 Å². The first kappa shape index (κ1) is 6.43. The minimum Gasteiger partial charge on any atom is -0.432 e. The van der Waals surface area contributed by atoms with E-state index in [1.54, 1.807) is 0 Å². The van der Waals surface area contributed by atoms with E-state index in [4.69, 9.17) is 4.74 Å². The maximum Gasteiger partial charge on any atom is 0.337 e. The Labute approximate surface area is 69.3 Å². The number of aliphatic hydroxyl groups is 1. The van der Waals surface area contributed by atoms with E-state index in [0.29, 0.717) is 5.92 Å². The van der Waals surface area contributed by atoms with Gasteiger partial charge in [0.25, 0.3) is 0 Å². The SMILES string of the molecule is O=C1O[C@@H](O)[C@H]2C1=C1C=C[C@@H]2C1. The van der Waals surface area contributed by atoms with Gasteiger partial charge in [0.2, 0.25) is 6.29 Å². The van der Waals surface area contributed by atoms with Crippen molar-refractivity contribution in [3.05, 3.63) is 23.3 Å². The molecule has 0 amide bonds. The summed E-state index contributed by atoms with van der Waals surface area (Å²) < 4.78 is 4.73. The van der Waals surface area contributed by atoms with Crippen LogP contribution in [-0.2, 0) is 9.53 Å². The van der Waals surface area contributed by atoms with Crippen LogP contribution < -0.4 is 0 Å². The van der Waals surface area contributed by atoms with Gasteiger partial charge in [-0.1, -0.05) is 12.2 Å². The molecule has 3 rings (SSSR count). The van der Waals surface area contributed by atoms with E-state index in [2.05, 4.69) is 6.08 Å². The Balaban J connectivity index is 2.17. The highest BCUT2D eigenvalue weighted by molar-refractivity contribution is 5.94. The summed E-state index contributed by atoms with van der Waals surface area (Å²) in [5.74, 6) is -0.0942. The first-order valence-corrected chi connectivity index (χ1v) is 4.07. The van der Waals surface area contributed by atoms with Crippen molar-refractivity contribution in [2.75, 3.05) is 0 Å². The largest absolute Gasteiger partial charge is 0.432 e. The summed E-state index contributed by atoms with van der Waals surface area (Å²) in [6, 6.07) is 0. The molecule has 1 heterocycles. The standard InChI is InChI=1S/C9H8O3/c10-8-6-4-1-2-5(3-4)7(6)9(11)12-8/h1-2,4,6,8,10H,3H2/t4-,6-,8-/m1/s1. The van der Waals surface area contributed by atoms with E-state index in [1.807, 2.05) is 6.08 Å². The lowest BCUT2D eigenvalue weighted by atomic mass is 9.91. The molecule has 12 heavy (non-hydrogen) atoms. The van der Waals surface area contributed by atoms with E-state index >= 15 is 0 Å². The Kier molecular flexibility index (Phi) is 0.964. The molecule has 0 spiro atoms. The minimum absolute atomic E-state index is 0.0718. The highest BCUT2D eigenvalue weighted by atomic mass is 16.6. The third-order valence-electron chi connectivity index (χ3n) is 2.90. The van der Waals surface area contributed by atoms with Crippen molar-refractivity contribution in [1.82, 2.24) is 0 Å².